The molecule has 1 atom stereocenters. The van der Waals surface area contributed by atoms with Gasteiger partial charge in [0.1, 0.15) is 18.5 Å². The summed E-state index contributed by atoms with van der Waals surface area (Å²) in [5.41, 5.74) is 3.80. The van der Waals surface area contributed by atoms with E-state index in [1.54, 1.807) is 20.8 Å². The highest BCUT2D eigenvalue weighted by Crippen LogP contribution is 2.44. The molecule has 0 radical (unpaired) electrons. The standard InChI is InChI=1S/C23H25NO5/c1-23(2,3)29-21(26)12-15(13-25)24-22(27)28-14-20-18-10-6-4-8-16(18)17-9-5-7-11-19(17)20/h4-11,13,15,20H,12,14H2,1-3H3,(H,24,27). The molecule has 6 heteroatoms. The largest absolute Gasteiger partial charge is 0.460 e. The SMILES string of the molecule is CC(C)(C)OC(=O)CC(C=O)NC(=O)OCC1c2ccccc2-c2ccccc21. The number of nitrogens with one attached hydrogen (secondary N) is 1. The number of alkyl carbamates (subject to hydrolysis) is 1. The maximum absolute atomic E-state index is 12.2. The molecule has 1 aliphatic carbocycles. The van der Waals surface area contributed by atoms with E-state index in [0.29, 0.717) is 6.29 Å². The van der Waals surface area contributed by atoms with Crippen LogP contribution in [0.5, 0.6) is 0 Å². The molecule has 1 aliphatic rings. The monoisotopic (exact) mass is 395 g/mol. The second-order valence-electron chi connectivity index (χ2n) is 8.00. The van der Waals surface area contributed by atoms with Crippen LogP contribution in [-0.4, -0.2) is 36.6 Å². The Morgan fingerprint density at radius 3 is 2.10 bits per heavy atom. The number of ether oxygens (including phenoxy) is 2. The number of rotatable bonds is 6. The first kappa shape index (κ1) is 20.6. The highest BCUT2D eigenvalue weighted by molar-refractivity contribution is 5.81. The number of benzene rings is 2. The van der Waals surface area contributed by atoms with Crippen LogP contribution in [0.1, 0.15) is 44.2 Å². The lowest BCUT2D eigenvalue weighted by molar-refractivity contribution is -0.155. The second-order valence-corrected chi connectivity index (χ2v) is 8.00. The van der Waals surface area contributed by atoms with Gasteiger partial charge in [0.15, 0.2) is 0 Å². The molecule has 1 unspecified atom stereocenters. The van der Waals surface area contributed by atoms with E-state index in [1.807, 2.05) is 36.4 Å². The summed E-state index contributed by atoms with van der Waals surface area (Å²) in [6.07, 6.45) is -0.483. The molecule has 6 nitrogen and oxygen atoms in total. The lowest BCUT2D eigenvalue weighted by Crippen LogP contribution is -2.39. The molecule has 0 aliphatic heterocycles. The maximum Gasteiger partial charge on any atom is 0.407 e. The number of esters is 1. The van der Waals surface area contributed by atoms with Gasteiger partial charge in [0.2, 0.25) is 0 Å². The van der Waals surface area contributed by atoms with Crippen LogP contribution < -0.4 is 5.32 Å². The van der Waals surface area contributed by atoms with Crippen LogP contribution in [0.4, 0.5) is 4.79 Å². The fraction of sp³-hybridized carbons (Fsp3) is 0.348. The van der Waals surface area contributed by atoms with Crippen LogP contribution in [0.15, 0.2) is 48.5 Å². The summed E-state index contributed by atoms with van der Waals surface area (Å²) in [5.74, 6) is -0.637. The van der Waals surface area contributed by atoms with Crippen molar-refractivity contribution in [2.45, 2.75) is 44.8 Å². The lowest BCUT2D eigenvalue weighted by Gasteiger charge is -2.21. The van der Waals surface area contributed by atoms with Gasteiger partial charge in [-0.25, -0.2) is 4.79 Å². The molecule has 0 fully saturated rings. The molecule has 2 aromatic rings. The summed E-state index contributed by atoms with van der Waals surface area (Å²) < 4.78 is 10.6. The van der Waals surface area contributed by atoms with E-state index in [0.717, 1.165) is 22.3 Å². The molecule has 2 aromatic carbocycles. The Labute approximate surface area is 170 Å². The molecule has 0 aromatic heterocycles. The van der Waals surface area contributed by atoms with Gasteiger partial charge in [0.05, 0.1) is 12.5 Å². The van der Waals surface area contributed by atoms with Crippen LogP contribution in [0.2, 0.25) is 0 Å². The molecule has 3 rings (SSSR count). The molecule has 0 spiro atoms. The molecule has 152 valence electrons. The van der Waals surface area contributed by atoms with E-state index >= 15 is 0 Å². The maximum atomic E-state index is 12.2. The van der Waals surface area contributed by atoms with Gasteiger partial charge in [-0.3, -0.25) is 4.79 Å². The summed E-state index contributed by atoms with van der Waals surface area (Å²) >= 11 is 0. The molecule has 0 saturated carbocycles. The van der Waals surface area contributed by atoms with Crippen molar-refractivity contribution < 1.29 is 23.9 Å². The number of carbonyl (C=O) groups excluding carboxylic acids is 3. The van der Waals surface area contributed by atoms with Crippen molar-refractivity contribution in [3.8, 4) is 11.1 Å². The number of hydrogen-bond acceptors (Lipinski definition) is 5. The third-order valence-electron chi connectivity index (χ3n) is 4.62. The highest BCUT2D eigenvalue weighted by Gasteiger charge is 2.29. The number of amides is 1. The normalized spacial score (nSPS) is 13.8. The quantitative estimate of drug-likeness (QED) is 0.594. The third kappa shape index (κ3) is 5.02. The predicted molar refractivity (Wildman–Crippen MR) is 109 cm³/mol. The molecule has 0 bridgehead atoms. The van der Waals surface area contributed by atoms with Gasteiger partial charge < -0.3 is 19.6 Å². The zero-order chi connectivity index (χ0) is 21.0. The van der Waals surface area contributed by atoms with Gasteiger partial charge in [0.25, 0.3) is 0 Å². The highest BCUT2D eigenvalue weighted by atomic mass is 16.6. The van der Waals surface area contributed by atoms with Gasteiger partial charge in [-0.05, 0) is 43.0 Å². The van der Waals surface area contributed by atoms with Gasteiger partial charge in [-0.15, -0.1) is 0 Å². The average Bonchev–Trinajstić information content (AvgIpc) is 2.98. The Balaban J connectivity index is 1.61. The van der Waals surface area contributed by atoms with Crippen LogP contribution in [0.25, 0.3) is 11.1 Å². The minimum absolute atomic E-state index is 0.0753. The van der Waals surface area contributed by atoms with Crippen LogP contribution >= 0.6 is 0 Å². The molecular weight excluding hydrogens is 370 g/mol. The summed E-state index contributed by atoms with van der Waals surface area (Å²) in [7, 11) is 0. The fourth-order valence-electron chi connectivity index (χ4n) is 3.49. The zero-order valence-electron chi connectivity index (χ0n) is 16.8. The molecule has 0 heterocycles. The van der Waals surface area contributed by atoms with E-state index in [-0.39, 0.29) is 18.9 Å². The Morgan fingerprint density at radius 1 is 1.03 bits per heavy atom. The van der Waals surface area contributed by atoms with E-state index < -0.39 is 23.7 Å². The first-order valence-electron chi connectivity index (χ1n) is 9.57. The average molecular weight is 395 g/mol. The van der Waals surface area contributed by atoms with Crippen molar-refractivity contribution in [2.75, 3.05) is 6.61 Å². The zero-order valence-corrected chi connectivity index (χ0v) is 16.8. The van der Waals surface area contributed by atoms with Crippen LogP contribution in [0, 0.1) is 0 Å². The van der Waals surface area contributed by atoms with E-state index in [9.17, 15) is 14.4 Å². The molecule has 29 heavy (non-hydrogen) atoms. The summed E-state index contributed by atoms with van der Waals surface area (Å²) in [6.45, 7) is 5.34. The van der Waals surface area contributed by atoms with Gasteiger partial charge in [-0.2, -0.15) is 0 Å². The van der Waals surface area contributed by atoms with Crippen LogP contribution in [-0.2, 0) is 19.1 Å². The first-order valence-corrected chi connectivity index (χ1v) is 9.57. The number of fused-ring (bicyclic) bond motifs is 3. The van der Waals surface area contributed by atoms with Crippen molar-refractivity contribution >= 4 is 18.3 Å². The third-order valence-corrected chi connectivity index (χ3v) is 4.62. The minimum atomic E-state index is -1.000. The number of carbonyl (C=O) groups is 3. The Bertz CT molecular complexity index is 870. The fourth-order valence-corrected chi connectivity index (χ4v) is 3.49. The van der Waals surface area contributed by atoms with Gasteiger partial charge >= 0.3 is 12.1 Å². The van der Waals surface area contributed by atoms with Crippen molar-refractivity contribution in [3.63, 3.8) is 0 Å². The second kappa shape index (κ2) is 8.47. The number of hydrogen-bond donors (Lipinski definition) is 1. The summed E-state index contributed by atoms with van der Waals surface area (Å²) in [6, 6.07) is 15.0. The van der Waals surface area contributed by atoms with E-state index in [1.165, 1.54) is 0 Å². The topological polar surface area (TPSA) is 81.7 Å². The number of aldehydes is 1. The summed E-state index contributed by atoms with van der Waals surface area (Å²) in [5, 5.41) is 2.43. The van der Waals surface area contributed by atoms with Crippen molar-refractivity contribution in [1.82, 2.24) is 5.32 Å². The Kier molecular flexibility index (Phi) is 6.01. The van der Waals surface area contributed by atoms with E-state index in [4.69, 9.17) is 9.47 Å². The van der Waals surface area contributed by atoms with Crippen LogP contribution in [0.3, 0.4) is 0 Å². The van der Waals surface area contributed by atoms with Crippen molar-refractivity contribution in [3.05, 3.63) is 59.7 Å². The predicted octanol–water partition coefficient (Wildman–Crippen LogP) is 3.82. The minimum Gasteiger partial charge on any atom is -0.460 e. The molecule has 0 saturated heterocycles. The first-order chi connectivity index (χ1) is 13.8. The lowest BCUT2D eigenvalue weighted by atomic mass is 9.98. The smallest absolute Gasteiger partial charge is 0.407 e. The summed E-state index contributed by atoms with van der Waals surface area (Å²) in [4.78, 5) is 35.3. The Hall–Kier alpha value is -3.15. The molecule has 1 N–H and O–H groups in total. The molecule has 1 amide bonds. The Morgan fingerprint density at radius 2 is 1.59 bits per heavy atom. The van der Waals surface area contributed by atoms with Gasteiger partial charge in [-0.1, -0.05) is 48.5 Å². The van der Waals surface area contributed by atoms with Crippen molar-refractivity contribution in [1.29, 1.82) is 0 Å². The van der Waals surface area contributed by atoms with Crippen molar-refractivity contribution in [2.24, 2.45) is 0 Å². The van der Waals surface area contributed by atoms with Gasteiger partial charge in [0, 0.05) is 5.92 Å². The molecular formula is C23H25NO5. The van der Waals surface area contributed by atoms with E-state index in [2.05, 4.69) is 17.4 Å².